The van der Waals surface area contributed by atoms with Crippen molar-refractivity contribution < 1.29 is 9.18 Å². The number of nitrogens with zero attached hydrogens (tertiary/aromatic N) is 4. The number of carbonyl (C=O) groups is 1. The van der Waals surface area contributed by atoms with E-state index in [1.165, 1.54) is 18.3 Å². The number of hydrogen-bond acceptors (Lipinski definition) is 3. The van der Waals surface area contributed by atoms with Gasteiger partial charge in [-0.2, -0.15) is 5.10 Å². The zero-order chi connectivity index (χ0) is 18.6. The lowest BCUT2D eigenvalue weighted by Crippen LogP contribution is -2.24. The molecule has 1 amide bonds. The lowest BCUT2D eigenvalue weighted by molar-refractivity contribution is 0.0951. The second kappa shape index (κ2) is 7.25. The first-order valence-electron chi connectivity index (χ1n) is 8.37. The molecule has 6 nitrogen and oxygen atoms in total. The molecule has 0 aliphatic carbocycles. The maximum Gasteiger partial charge on any atom is 0.256 e. The predicted molar refractivity (Wildman–Crippen MR) is 98.3 cm³/mol. The van der Waals surface area contributed by atoms with E-state index in [0.29, 0.717) is 23.6 Å². The van der Waals surface area contributed by atoms with Gasteiger partial charge in [0.25, 0.3) is 5.91 Å². The summed E-state index contributed by atoms with van der Waals surface area (Å²) in [6.07, 6.45) is 8.48. The summed E-state index contributed by atoms with van der Waals surface area (Å²) in [5.41, 5.74) is 1.82. The molecule has 27 heavy (non-hydrogen) atoms. The molecule has 0 fully saturated rings. The van der Waals surface area contributed by atoms with Gasteiger partial charge < -0.3 is 9.88 Å². The standard InChI is InChI=1S/C20H16FN5O/c21-16-6-3-7-17(11-16)26-20(25-9-1-2-10-25)18(14-24-26)19(27)23-13-15-5-4-8-22-12-15/h1-12,14H,13H2,(H,23,27). The molecule has 0 saturated carbocycles. The van der Waals surface area contributed by atoms with Crippen LogP contribution in [0.2, 0.25) is 0 Å². The van der Waals surface area contributed by atoms with E-state index in [1.807, 2.05) is 36.7 Å². The van der Waals surface area contributed by atoms with E-state index in [-0.39, 0.29) is 11.7 Å². The molecule has 3 heterocycles. The summed E-state index contributed by atoms with van der Waals surface area (Å²) in [6, 6.07) is 13.5. The molecule has 4 rings (SSSR count). The molecule has 0 unspecified atom stereocenters. The first kappa shape index (κ1) is 16.7. The van der Waals surface area contributed by atoms with E-state index in [1.54, 1.807) is 33.8 Å². The Bertz CT molecular complexity index is 1060. The van der Waals surface area contributed by atoms with Crippen molar-refractivity contribution in [3.8, 4) is 11.5 Å². The van der Waals surface area contributed by atoms with Crippen LogP contribution in [0.25, 0.3) is 11.5 Å². The van der Waals surface area contributed by atoms with Crippen molar-refractivity contribution >= 4 is 5.91 Å². The van der Waals surface area contributed by atoms with Gasteiger partial charge in [-0.15, -0.1) is 0 Å². The average Bonchev–Trinajstić information content (AvgIpc) is 3.36. The van der Waals surface area contributed by atoms with Gasteiger partial charge in [0.1, 0.15) is 11.4 Å². The number of hydrogen-bond donors (Lipinski definition) is 1. The van der Waals surface area contributed by atoms with Crippen LogP contribution in [0.3, 0.4) is 0 Å². The number of rotatable bonds is 5. The third-order valence-corrected chi connectivity index (χ3v) is 4.07. The number of amides is 1. The Morgan fingerprint density at radius 1 is 1.07 bits per heavy atom. The maximum atomic E-state index is 13.7. The van der Waals surface area contributed by atoms with Gasteiger partial charge >= 0.3 is 0 Å². The first-order valence-corrected chi connectivity index (χ1v) is 8.37. The van der Waals surface area contributed by atoms with E-state index < -0.39 is 0 Å². The molecule has 0 atom stereocenters. The van der Waals surface area contributed by atoms with Crippen molar-refractivity contribution in [2.45, 2.75) is 6.54 Å². The molecule has 3 aromatic heterocycles. The molecule has 134 valence electrons. The Kier molecular flexibility index (Phi) is 4.49. The number of benzene rings is 1. The highest BCUT2D eigenvalue weighted by Crippen LogP contribution is 2.20. The lowest BCUT2D eigenvalue weighted by Gasteiger charge is -2.11. The van der Waals surface area contributed by atoms with Gasteiger partial charge in [-0.1, -0.05) is 12.1 Å². The van der Waals surface area contributed by atoms with Crippen molar-refractivity contribution in [2.24, 2.45) is 0 Å². The molecule has 0 spiro atoms. The molecule has 0 saturated heterocycles. The van der Waals surface area contributed by atoms with Crippen LogP contribution in [0.4, 0.5) is 4.39 Å². The van der Waals surface area contributed by atoms with Crippen LogP contribution < -0.4 is 5.32 Å². The van der Waals surface area contributed by atoms with Gasteiger partial charge in [0.05, 0.1) is 11.9 Å². The average molecular weight is 361 g/mol. The minimum absolute atomic E-state index is 0.273. The molecule has 1 N–H and O–H groups in total. The third-order valence-electron chi connectivity index (χ3n) is 4.07. The van der Waals surface area contributed by atoms with Gasteiger partial charge in [-0.3, -0.25) is 9.78 Å². The minimum Gasteiger partial charge on any atom is -0.348 e. The van der Waals surface area contributed by atoms with E-state index in [0.717, 1.165) is 5.56 Å². The summed E-state index contributed by atoms with van der Waals surface area (Å²) in [5.74, 6) is -0.108. The van der Waals surface area contributed by atoms with Crippen molar-refractivity contribution in [2.75, 3.05) is 0 Å². The van der Waals surface area contributed by atoms with Gasteiger partial charge in [-0.05, 0) is 42.0 Å². The zero-order valence-corrected chi connectivity index (χ0v) is 14.3. The fraction of sp³-hybridized carbons (Fsp3) is 0.0500. The number of pyridine rings is 1. The number of aromatic nitrogens is 4. The molecule has 0 aliphatic heterocycles. The van der Waals surface area contributed by atoms with E-state index in [4.69, 9.17) is 0 Å². The van der Waals surface area contributed by atoms with E-state index in [9.17, 15) is 9.18 Å². The highest BCUT2D eigenvalue weighted by atomic mass is 19.1. The number of halogens is 1. The second-order valence-corrected chi connectivity index (χ2v) is 5.91. The summed E-state index contributed by atoms with van der Waals surface area (Å²) in [4.78, 5) is 16.8. The topological polar surface area (TPSA) is 64.7 Å². The van der Waals surface area contributed by atoms with Crippen LogP contribution in [-0.2, 0) is 6.54 Å². The summed E-state index contributed by atoms with van der Waals surface area (Å²) < 4.78 is 17.0. The predicted octanol–water partition coefficient (Wildman–Crippen LogP) is 3.13. The van der Waals surface area contributed by atoms with Crippen LogP contribution in [0.1, 0.15) is 15.9 Å². The molecule has 7 heteroatoms. The van der Waals surface area contributed by atoms with Gasteiger partial charge in [-0.25, -0.2) is 9.07 Å². The van der Waals surface area contributed by atoms with Gasteiger partial charge in [0.2, 0.25) is 0 Å². The number of carbonyl (C=O) groups excluding carboxylic acids is 1. The monoisotopic (exact) mass is 361 g/mol. The van der Waals surface area contributed by atoms with Crippen LogP contribution in [0.5, 0.6) is 0 Å². The Morgan fingerprint density at radius 3 is 2.67 bits per heavy atom. The van der Waals surface area contributed by atoms with Crippen LogP contribution in [0, 0.1) is 5.82 Å². The highest BCUT2D eigenvalue weighted by Gasteiger charge is 2.20. The smallest absolute Gasteiger partial charge is 0.256 e. The highest BCUT2D eigenvalue weighted by molar-refractivity contribution is 5.97. The van der Waals surface area contributed by atoms with Gasteiger partial charge in [0, 0.05) is 31.3 Å². The fourth-order valence-electron chi connectivity index (χ4n) is 2.80. The fourth-order valence-corrected chi connectivity index (χ4v) is 2.80. The maximum absolute atomic E-state index is 13.7. The molecule has 4 aromatic rings. The minimum atomic E-state index is -0.371. The van der Waals surface area contributed by atoms with Crippen LogP contribution >= 0.6 is 0 Å². The molecular weight excluding hydrogens is 345 g/mol. The summed E-state index contributed by atoms with van der Waals surface area (Å²) >= 11 is 0. The largest absolute Gasteiger partial charge is 0.348 e. The van der Waals surface area contributed by atoms with Crippen LogP contribution in [-0.4, -0.2) is 25.2 Å². The van der Waals surface area contributed by atoms with E-state index >= 15 is 0 Å². The second-order valence-electron chi connectivity index (χ2n) is 5.91. The lowest BCUT2D eigenvalue weighted by atomic mass is 10.2. The molecule has 0 aliphatic rings. The Labute approximate surface area is 154 Å². The Morgan fingerprint density at radius 2 is 1.93 bits per heavy atom. The van der Waals surface area contributed by atoms with Crippen molar-refractivity contribution in [1.82, 2.24) is 24.6 Å². The Balaban J connectivity index is 1.69. The van der Waals surface area contributed by atoms with Crippen molar-refractivity contribution in [3.63, 3.8) is 0 Å². The summed E-state index contributed by atoms with van der Waals surface area (Å²) in [5, 5.41) is 7.19. The zero-order valence-electron chi connectivity index (χ0n) is 14.3. The number of nitrogens with one attached hydrogen (secondary N) is 1. The Hall–Kier alpha value is -3.74. The van der Waals surface area contributed by atoms with E-state index in [2.05, 4.69) is 15.4 Å². The summed E-state index contributed by atoms with van der Waals surface area (Å²) in [7, 11) is 0. The van der Waals surface area contributed by atoms with Crippen LogP contribution in [0.15, 0.2) is 79.5 Å². The third kappa shape index (κ3) is 3.48. The first-order chi connectivity index (χ1) is 13.2. The molecule has 0 bridgehead atoms. The SMILES string of the molecule is O=C(NCc1cccnc1)c1cnn(-c2cccc(F)c2)c1-n1cccc1. The normalized spacial score (nSPS) is 10.7. The van der Waals surface area contributed by atoms with Gasteiger partial charge in [0.15, 0.2) is 5.82 Å². The molecule has 1 aromatic carbocycles. The van der Waals surface area contributed by atoms with Crippen molar-refractivity contribution in [1.29, 1.82) is 0 Å². The molecule has 0 radical (unpaired) electrons. The summed E-state index contributed by atoms with van der Waals surface area (Å²) in [6.45, 7) is 0.350. The van der Waals surface area contributed by atoms with Crippen molar-refractivity contribution in [3.05, 3.63) is 96.5 Å². The molecular formula is C20H16FN5O. The quantitative estimate of drug-likeness (QED) is 0.594.